The van der Waals surface area contributed by atoms with E-state index < -0.39 is 6.10 Å². The SMILES string of the molecule is CCCCC/C=C\C/C=C\CCCCCCCC(=O)OC(COC(=O)CCCCCCCCCCCC)COC(=O)CCCCCCCCCCCCCCCCCC/C=C\C/C=C\C/C=C\CCCCCCC. The van der Waals surface area contributed by atoms with Crippen molar-refractivity contribution in [2.75, 3.05) is 13.2 Å². The molecule has 0 aromatic carbocycles. The van der Waals surface area contributed by atoms with Gasteiger partial charge in [0.25, 0.3) is 0 Å². The van der Waals surface area contributed by atoms with Crippen molar-refractivity contribution in [2.45, 2.75) is 341 Å². The van der Waals surface area contributed by atoms with E-state index in [4.69, 9.17) is 14.2 Å². The molecule has 0 aliphatic rings. The highest BCUT2D eigenvalue weighted by atomic mass is 16.6. The maximum absolute atomic E-state index is 12.8. The molecule has 0 fully saturated rings. The van der Waals surface area contributed by atoms with Crippen molar-refractivity contribution in [3.8, 4) is 0 Å². The van der Waals surface area contributed by atoms with Crippen molar-refractivity contribution in [2.24, 2.45) is 0 Å². The minimum absolute atomic E-state index is 0.0761. The number of ether oxygens (including phenoxy) is 3. The van der Waals surface area contributed by atoms with Gasteiger partial charge in [0.05, 0.1) is 0 Å². The number of carbonyl (C=O) groups is 3. The van der Waals surface area contributed by atoms with Gasteiger partial charge in [-0.15, -0.1) is 0 Å². The van der Waals surface area contributed by atoms with E-state index in [1.54, 1.807) is 0 Å². The summed E-state index contributed by atoms with van der Waals surface area (Å²) in [5.74, 6) is -0.876. The van der Waals surface area contributed by atoms with Crippen LogP contribution in [0.3, 0.4) is 0 Å². The zero-order valence-corrected chi connectivity index (χ0v) is 49.4. The summed E-state index contributed by atoms with van der Waals surface area (Å²) in [6, 6.07) is 0. The molecule has 0 saturated heterocycles. The Morgan fingerprint density at radius 2 is 0.486 bits per heavy atom. The Morgan fingerprint density at radius 3 is 0.784 bits per heavy atom. The summed E-state index contributed by atoms with van der Waals surface area (Å²) >= 11 is 0. The number of esters is 3. The highest BCUT2D eigenvalue weighted by Gasteiger charge is 2.19. The van der Waals surface area contributed by atoms with E-state index in [9.17, 15) is 14.4 Å². The third-order valence-electron chi connectivity index (χ3n) is 14.2. The van der Waals surface area contributed by atoms with Crippen molar-refractivity contribution < 1.29 is 28.6 Å². The number of allylic oxidation sites excluding steroid dienone is 10. The van der Waals surface area contributed by atoms with Gasteiger partial charge in [0.1, 0.15) is 13.2 Å². The second kappa shape index (κ2) is 62.6. The van der Waals surface area contributed by atoms with Crippen LogP contribution in [0.25, 0.3) is 0 Å². The van der Waals surface area contributed by atoms with E-state index in [0.29, 0.717) is 19.3 Å². The van der Waals surface area contributed by atoms with Crippen LogP contribution in [-0.4, -0.2) is 37.2 Å². The molecule has 6 nitrogen and oxygen atoms in total. The average molecular weight is 1040 g/mol. The first-order chi connectivity index (χ1) is 36.5. The third-order valence-corrected chi connectivity index (χ3v) is 14.2. The first kappa shape index (κ1) is 71.1. The lowest BCUT2D eigenvalue weighted by molar-refractivity contribution is -0.167. The predicted molar refractivity (Wildman–Crippen MR) is 321 cm³/mol. The largest absolute Gasteiger partial charge is 0.462 e. The van der Waals surface area contributed by atoms with Gasteiger partial charge in [-0.3, -0.25) is 14.4 Å². The molecule has 0 rings (SSSR count). The fourth-order valence-corrected chi connectivity index (χ4v) is 9.36. The highest BCUT2D eigenvalue weighted by Crippen LogP contribution is 2.17. The molecule has 6 heteroatoms. The number of rotatable bonds is 59. The summed E-state index contributed by atoms with van der Waals surface area (Å²) < 4.78 is 16.9. The Kier molecular flexibility index (Phi) is 60.2. The summed E-state index contributed by atoms with van der Waals surface area (Å²) in [5, 5.41) is 0. The number of carbonyl (C=O) groups excluding carboxylic acids is 3. The molecule has 430 valence electrons. The van der Waals surface area contributed by atoms with E-state index in [-0.39, 0.29) is 31.1 Å². The van der Waals surface area contributed by atoms with Crippen LogP contribution in [0.4, 0.5) is 0 Å². The van der Waals surface area contributed by atoms with E-state index in [1.165, 1.54) is 199 Å². The Labute approximate surface area is 460 Å². The van der Waals surface area contributed by atoms with E-state index in [2.05, 4.69) is 81.5 Å². The van der Waals surface area contributed by atoms with Crippen molar-refractivity contribution in [3.63, 3.8) is 0 Å². The molecule has 0 bridgehead atoms. The van der Waals surface area contributed by atoms with Gasteiger partial charge in [-0.05, 0) is 89.9 Å². The van der Waals surface area contributed by atoms with Crippen molar-refractivity contribution in [1.82, 2.24) is 0 Å². The van der Waals surface area contributed by atoms with Gasteiger partial charge in [0.15, 0.2) is 6.10 Å². The van der Waals surface area contributed by atoms with Crippen LogP contribution in [0.2, 0.25) is 0 Å². The smallest absolute Gasteiger partial charge is 0.306 e. The van der Waals surface area contributed by atoms with Crippen LogP contribution in [0.15, 0.2) is 60.8 Å². The molecule has 1 unspecified atom stereocenters. The number of unbranched alkanes of at least 4 members (excludes halogenated alkanes) is 38. The number of hydrogen-bond donors (Lipinski definition) is 0. The second-order valence-electron chi connectivity index (χ2n) is 21.7. The molecule has 0 N–H and O–H groups in total. The summed E-state index contributed by atoms with van der Waals surface area (Å²) in [7, 11) is 0. The lowest BCUT2D eigenvalue weighted by Gasteiger charge is -2.18. The van der Waals surface area contributed by atoms with Crippen LogP contribution in [0.1, 0.15) is 335 Å². The molecular weight excluding hydrogens is 913 g/mol. The molecular formula is C68H122O6. The minimum Gasteiger partial charge on any atom is -0.462 e. The molecule has 0 amide bonds. The maximum atomic E-state index is 12.8. The molecule has 0 aromatic rings. The molecule has 0 saturated carbocycles. The predicted octanol–water partition coefficient (Wildman–Crippen LogP) is 21.9. The topological polar surface area (TPSA) is 78.9 Å². The fourth-order valence-electron chi connectivity index (χ4n) is 9.36. The molecule has 74 heavy (non-hydrogen) atoms. The van der Waals surface area contributed by atoms with Crippen LogP contribution >= 0.6 is 0 Å². The zero-order chi connectivity index (χ0) is 53.6. The van der Waals surface area contributed by atoms with Crippen LogP contribution < -0.4 is 0 Å². The summed E-state index contributed by atoms with van der Waals surface area (Å²) in [5.41, 5.74) is 0. The average Bonchev–Trinajstić information content (AvgIpc) is 3.40. The van der Waals surface area contributed by atoms with E-state index in [0.717, 1.165) is 96.3 Å². The third kappa shape index (κ3) is 60.0. The standard InChI is InChI=1S/C68H122O6/c1-4-7-10-13-16-19-22-24-26-27-28-29-30-31-32-33-34-35-36-37-38-39-40-41-43-44-46-49-52-55-58-61-67(70)73-64-65(63-72-66(69)60-57-54-51-48-21-18-15-12-9-6-3)74-68(71)62-59-56-53-50-47-45-42-25-23-20-17-14-11-8-5-2/h17,20,22,24-25,27-28,30-31,42,65H,4-16,18-19,21,23,26,29,32-41,43-64H2,1-3H3/b20-17-,24-22-,28-27-,31-30-,42-25-. The van der Waals surface area contributed by atoms with Crippen LogP contribution in [-0.2, 0) is 28.6 Å². The summed E-state index contributed by atoms with van der Waals surface area (Å²) in [4.78, 5) is 38.1. The van der Waals surface area contributed by atoms with Crippen LogP contribution in [0.5, 0.6) is 0 Å². The van der Waals surface area contributed by atoms with E-state index >= 15 is 0 Å². The van der Waals surface area contributed by atoms with Gasteiger partial charge in [0, 0.05) is 19.3 Å². The quantitative estimate of drug-likeness (QED) is 0.0261. The molecule has 0 aliphatic carbocycles. The fraction of sp³-hybridized carbons (Fsp3) is 0.809. The Morgan fingerprint density at radius 1 is 0.270 bits per heavy atom. The zero-order valence-electron chi connectivity index (χ0n) is 49.4. The molecule has 0 heterocycles. The van der Waals surface area contributed by atoms with Gasteiger partial charge in [-0.2, -0.15) is 0 Å². The van der Waals surface area contributed by atoms with Gasteiger partial charge in [0.2, 0.25) is 0 Å². The molecule has 0 aliphatic heterocycles. The highest BCUT2D eigenvalue weighted by molar-refractivity contribution is 5.71. The van der Waals surface area contributed by atoms with Gasteiger partial charge in [-0.1, -0.05) is 287 Å². The number of hydrogen-bond acceptors (Lipinski definition) is 6. The normalized spacial score (nSPS) is 12.4. The summed E-state index contributed by atoms with van der Waals surface area (Å²) in [6.45, 7) is 6.61. The lowest BCUT2D eigenvalue weighted by Crippen LogP contribution is -2.30. The lowest BCUT2D eigenvalue weighted by atomic mass is 10.0. The van der Waals surface area contributed by atoms with Crippen LogP contribution in [0, 0.1) is 0 Å². The summed E-state index contributed by atoms with van der Waals surface area (Å²) in [6.07, 6.45) is 79.6. The minimum atomic E-state index is -0.778. The van der Waals surface area contributed by atoms with Gasteiger partial charge in [-0.25, -0.2) is 0 Å². The molecule has 1 atom stereocenters. The first-order valence-electron chi connectivity index (χ1n) is 32.3. The Balaban J connectivity index is 4.11. The Bertz CT molecular complexity index is 1330. The van der Waals surface area contributed by atoms with Gasteiger partial charge < -0.3 is 14.2 Å². The monoisotopic (exact) mass is 1030 g/mol. The van der Waals surface area contributed by atoms with E-state index in [1.807, 2.05) is 0 Å². The maximum Gasteiger partial charge on any atom is 0.306 e. The Hall–Kier alpha value is -2.89. The van der Waals surface area contributed by atoms with Gasteiger partial charge >= 0.3 is 17.9 Å². The first-order valence-corrected chi connectivity index (χ1v) is 32.3. The molecule has 0 spiro atoms. The van der Waals surface area contributed by atoms with Crippen molar-refractivity contribution in [1.29, 1.82) is 0 Å². The molecule has 0 radical (unpaired) electrons. The van der Waals surface area contributed by atoms with Crippen molar-refractivity contribution in [3.05, 3.63) is 60.8 Å². The van der Waals surface area contributed by atoms with Crippen molar-refractivity contribution >= 4 is 17.9 Å². The molecule has 0 aromatic heterocycles. The second-order valence-corrected chi connectivity index (χ2v) is 21.7.